The minimum Gasteiger partial charge on any atom is -0.547 e. The van der Waals surface area contributed by atoms with Gasteiger partial charge in [0, 0.05) is 6.54 Å². The van der Waals surface area contributed by atoms with Crippen LogP contribution in [0.2, 0.25) is 0 Å². The lowest BCUT2D eigenvalue weighted by molar-refractivity contribution is -0.314. The van der Waals surface area contributed by atoms with E-state index >= 15 is 0 Å². The standard InChI is InChI=1S/C15H26N2O8S/c1-8(2)5-6-16-13(18)10(7-9(3)4)17-14(19)11-12(15(20)21)25-26(22,23)24-11/h8-12H,5-7H2,1-4H3,(H,16,18)(H,17,19)(H,20,21)/p-1/t10-,11+,12+/m0/s1. The molecule has 1 saturated heterocycles. The van der Waals surface area contributed by atoms with Gasteiger partial charge < -0.3 is 20.5 Å². The van der Waals surface area contributed by atoms with Gasteiger partial charge in [-0.05, 0) is 24.7 Å². The predicted octanol–water partition coefficient (Wildman–Crippen LogP) is -1.54. The van der Waals surface area contributed by atoms with Crippen LogP contribution in [-0.2, 0) is 33.1 Å². The maximum Gasteiger partial charge on any atom is 0.401 e. The molecular weight excluding hydrogens is 368 g/mol. The van der Waals surface area contributed by atoms with Crippen LogP contribution in [0.4, 0.5) is 0 Å². The van der Waals surface area contributed by atoms with Crippen LogP contribution in [0.1, 0.15) is 40.5 Å². The molecule has 0 aromatic heterocycles. The largest absolute Gasteiger partial charge is 0.547 e. The molecule has 1 fully saturated rings. The summed E-state index contributed by atoms with van der Waals surface area (Å²) in [6.07, 6.45) is -3.04. The molecule has 0 aromatic rings. The second kappa shape index (κ2) is 9.28. The van der Waals surface area contributed by atoms with E-state index < -0.39 is 46.4 Å². The molecule has 0 aliphatic carbocycles. The fraction of sp³-hybridized carbons (Fsp3) is 0.800. The van der Waals surface area contributed by atoms with Crippen molar-refractivity contribution >= 4 is 28.2 Å². The first-order valence-corrected chi connectivity index (χ1v) is 9.66. The highest BCUT2D eigenvalue weighted by Crippen LogP contribution is 2.21. The van der Waals surface area contributed by atoms with Crippen molar-refractivity contribution in [2.24, 2.45) is 11.8 Å². The van der Waals surface area contributed by atoms with Crippen LogP contribution in [-0.4, -0.2) is 51.0 Å². The average molecular weight is 393 g/mol. The smallest absolute Gasteiger partial charge is 0.401 e. The molecule has 0 unspecified atom stereocenters. The van der Waals surface area contributed by atoms with Gasteiger partial charge in [0.2, 0.25) is 5.91 Å². The molecule has 11 heteroatoms. The first-order valence-electron chi connectivity index (χ1n) is 8.33. The highest BCUT2D eigenvalue weighted by Gasteiger charge is 2.46. The molecule has 2 N–H and O–H groups in total. The third-order valence-corrected chi connectivity index (χ3v) is 4.46. The van der Waals surface area contributed by atoms with Gasteiger partial charge in [-0.15, -0.1) is 0 Å². The van der Waals surface area contributed by atoms with Crippen LogP contribution in [0.25, 0.3) is 0 Å². The maximum absolute atomic E-state index is 12.3. The van der Waals surface area contributed by atoms with Crippen LogP contribution < -0.4 is 15.7 Å². The van der Waals surface area contributed by atoms with Gasteiger partial charge in [-0.2, -0.15) is 8.42 Å². The Hall–Kier alpha value is -1.72. The average Bonchev–Trinajstić information content (AvgIpc) is 2.81. The summed E-state index contributed by atoms with van der Waals surface area (Å²) < 4.78 is 31.1. The van der Waals surface area contributed by atoms with Crippen molar-refractivity contribution in [2.75, 3.05) is 6.54 Å². The molecular formula is C15H25N2O8S-. The number of hydrogen-bond donors (Lipinski definition) is 2. The first-order chi connectivity index (χ1) is 11.9. The number of carboxylic acids is 1. The van der Waals surface area contributed by atoms with Crippen molar-refractivity contribution in [3.63, 3.8) is 0 Å². The molecule has 1 rings (SSSR count). The molecule has 0 aromatic carbocycles. The normalized spacial score (nSPS) is 23.0. The van der Waals surface area contributed by atoms with Crippen LogP contribution in [0.15, 0.2) is 0 Å². The minimum absolute atomic E-state index is 0.0394. The Kier molecular flexibility index (Phi) is 7.97. The van der Waals surface area contributed by atoms with Gasteiger partial charge in [0.1, 0.15) is 6.04 Å². The van der Waals surface area contributed by atoms with E-state index in [9.17, 15) is 27.9 Å². The molecule has 1 aliphatic rings. The number of carbonyl (C=O) groups is 3. The Bertz CT molecular complexity index is 632. The molecule has 0 radical (unpaired) electrons. The number of carbonyl (C=O) groups excluding carboxylic acids is 3. The van der Waals surface area contributed by atoms with E-state index in [0.717, 1.165) is 6.42 Å². The van der Waals surface area contributed by atoms with Gasteiger partial charge in [-0.1, -0.05) is 27.7 Å². The zero-order valence-corrected chi connectivity index (χ0v) is 16.0. The van der Waals surface area contributed by atoms with Crippen molar-refractivity contribution < 1.29 is 36.3 Å². The molecule has 3 atom stereocenters. The van der Waals surface area contributed by atoms with Crippen molar-refractivity contribution in [1.82, 2.24) is 10.6 Å². The van der Waals surface area contributed by atoms with Gasteiger partial charge in [0.15, 0.2) is 12.2 Å². The molecule has 26 heavy (non-hydrogen) atoms. The molecule has 1 heterocycles. The monoisotopic (exact) mass is 393 g/mol. The summed E-state index contributed by atoms with van der Waals surface area (Å²) >= 11 is 0. The van der Waals surface area contributed by atoms with Crippen LogP contribution >= 0.6 is 0 Å². The number of aliphatic carboxylic acids is 1. The second-order valence-electron chi connectivity index (χ2n) is 6.93. The quantitative estimate of drug-likeness (QED) is 0.478. The van der Waals surface area contributed by atoms with Gasteiger partial charge in [-0.25, -0.2) is 8.37 Å². The lowest BCUT2D eigenvalue weighted by atomic mass is 10.0. The first kappa shape index (κ1) is 22.3. The van der Waals surface area contributed by atoms with Gasteiger partial charge >= 0.3 is 10.4 Å². The van der Waals surface area contributed by atoms with Gasteiger partial charge in [0.05, 0.1) is 5.97 Å². The van der Waals surface area contributed by atoms with E-state index in [0.29, 0.717) is 12.5 Å². The molecule has 0 spiro atoms. The molecule has 10 nitrogen and oxygen atoms in total. The lowest BCUT2D eigenvalue weighted by Gasteiger charge is -2.23. The van der Waals surface area contributed by atoms with E-state index in [1.54, 1.807) is 0 Å². The molecule has 2 amide bonds. The summed E-state index contributed by atoms with van der Waals surface area (Å²) in [4.78, 5) is 35.6. The summed E-state index contributed by atoms with van der Waals surface area (Å²) in [5, 5.41) is 16.0. The number of nitrogens with one attached hydrogen (secondary N) is 2. The van der Waals surface area contributed by atoms with E-state index in [-0.39, 0.29) is 12.3 Å². The fourth-order valence-corrected chi connectivity index (χ4v) is 3.21. The van der Waals surface area contributed by atoms with Crippen LogP contribution in [0.3, 0.4) is 0 Å². The Morgan fingerprint density at radius 3 is 2.12 bits per heavy atom. The number of rotatable bonds is 9. The van der Waals surface area contributed by atoms with Crippen molar-refractivity contribution in [3.05, 3.63) is 0 Å². The van der Waals surface area contributed by atoms with E-state index in [4.69, 9.17) is 0 Å². The van der Waals surface area contributed by atoms with E-state index in [1.807, 2.05) is 27.7 Å². The molecule has 150 valence electrons. The number of carboxylic acid groups (broad SMARTS) is 1. The summed E-state index contributed by atoms with van der Waals surface area (Å²) in [5.41, 5.74) is 0. The van der Waals surface area contributed by atoms with E-state index in [2.05, 4.69) is 19.0 Å². The van der Waals surface area contributed by atoms with Crippen molar-refractivity contribution in [3.8, 4) is 0 Å². The van der Waals surface area contributed by atoms with Crippen LogP contribution in [0.5, 0.6) is 0 Å². The number of amides is 2. The number of hydrogen-bond acceptors (Lipinski definition) is 8. The van der Waals surface area contributed by atoms with E-state index in [1.165, 1.54) is 0 Å². The topological polar surface area (TPSA) is 151 Å². The molecule has 0 saturated carbocycles. The fourth-order valence-electron chi connectivity index (χ4n) is 2.29. The Balaban J connectivity index is 2.81. The van der Waals surface area contributed by atoms with Crippen molar-refractivity contribution in [2.45, 2.75) is 58.8 Å². The maximum atomic E-state index is 12.3. The van der Waals surface area contributed by atoms with Crippen LogP contribution in [0, 0.1) is 11.8 Å². The zero-order valence-electron chi connectivity index (χ0n) is 15.2. The van der Waals surface area contributed by atoms with Crippen molar-refractivity contribution in [1.29, 1.82) is 0 Å². The Labute approximate surface area is 152 Å². The molecule has 1 aliphatic heterocycles. The Morgan fingerprint density at radius 2 is 1.62 bits per heavy atom. The minimum atomic E-state index is -4.62. The lowest BCUT2D eigenvalue weighted by Crippen LogP contribution is -2.54. The zero-order chi connectivity index (χ0) is 20.1. The highest BCUT2D eigenvalue weighted by molar-refractivity contribution is 7.82. The third kappa shape index (κ3) is 6.89. The summed E-state index contributed by atoms with van der Waals surface area (Å²) in [7, 11) is -4.62. The molecule has 0 bridgehead atoms. The summed E-state index contributed by atoms with van der Waals surface area (Å²) in [5.74, 6) is -3.01. The summed E-state index contributed by atoms with van der Waals surface area (Å²) in [6, 6.07) is -0.969. The second-order valence-corrected chi connectivity index (χ2v) is 8.13. The predicted molar refractivity (Wildman–Crippen MR) is 87.5 cm³/mol. The highest BCUT2D eigenvalue weighted by atomic mass is 32.3. The Morgan fingerprint density at radius 1 is 1.04 bits per heavy atom. The third-order valence-electron chi connectivity index (χ3n) is 3.57. The summed E-state index contributed by atoms with van der Waals surface area (Å²) in [6.45, 7) is 8.09. The van der Waals surface area contributed by atoms with Gasteiger partial charge in [-0.3, -0.25) is 9.59 Å². The van der Waals surface area contributed by atoms with Gasteiger partial charge in [0.25, 0.3) is 5.91 Å². The SMILES string of the molecule is CC(C)CCNC(=O)[C@H](CC(C)C)NC(=O)[C@@H]1OS(=O)(=O)O[C@H]1C(=O)[O-].